The van der Waals surface area contributed by atoms with Gasteiger partial charge in [0.15, 0.2) is 11.7 Å². The maximum atomic E-state index is 13.2. The zero-order valence-corrected chi connectivity index (χ0v) is 13.2. The van der Waals surface area contributed by atoms with E-state index in [4.69, 9.17) is 4.74 Å². The molecule has 128 valence electrons. The van der Waals surface area contributed by atoms with E-state index in [-0.39, 0.29) is 10.9 Å². The second kappa shape index (κ2) is 6.77. The fourth-order valence-electron chi connectivity index (χ4n) is 2.00. The van der Waals surface area contributed by atoms with Crippen LogP contribution in [0.25, 0.3) is 10.2 Å². The number of nitrogens with one attached hydrogen (secondary N) is 1. The van der Waals surface area contributed by atoms with Gasteiger partial charge in [-0.1, -0.05) is 11.3 Å². The molecule has 10 heteroatoms. The molecule has 3 aromatic rings. The van der Waals surface area contributed by atoms with Gasteiger partial charge in [0, 0.05) is 12.1 Å². The summed E-state index contributed by atoms with van der Waals surface area (Å²) >= 11 is 1.07. The zero-order valence-electron chi connectivity index (χ0n) is 12.4. The lowest BCUT2D eigenvalue weighted by Crippen LogP contribution is -2.20. The maximum absolute atomic E-state index is 13.2. The summed E-state index contributed by atoms with van der Waals surface area (Å²) in [6, 6.07) is 6.71. The van der Waals surface area contributed by atoms with Crippen LogP contribution in [0.1, 0.15) is 0 Å². The number of hydrogen-bond acceptors (Lipinski definition) is 6. The minimum absolute atomic E-state index is 0.225. The molecule has 0 fully saturated rings. The van der Waals surface area contributed by atoms with Crippen LogP contribution in [0.2, 0.25) is 0 Å². The van der Waals surface area contributed by atoms with Crippen molar-refractivity contribution < 1.29 is 23.2 Å². The number of nitrogens with zero attached hydrogens (tertiary/aromatic N) is 2. The predicted octanol–water partition coefficient (Wildman–Crippen LogP) is 3.50. The number of carbonyl (C=O) groups excluding carboxylic acids is 1. The molecule has 0 bridgehead atoms. The predicted molar refractivity (Wildman–Crippen MR) is 86.8 cm³/mol. The minimum atomic E-state index is -0.741. The lowest BCUT2D eigenvalue weighted by Gasteiger charge is -2.06. The SMILES string of the molecule is O=C(COc1cc(F)ccc1[N+](=O)[O-])Nc1nc2ccc(F)cc2s1. The lowest BCUT2D eigenvalue weighted by atomic mass is 10.3. The molecule has 1 amide bonds. The zero-order chi connectivity index (χ0) is 18.0. The maximum Gasteiger partial charge on any atom is 0.311 e. The van der Waals surface area contributed by atoms with Crippen LogP contribution in [-0.2, 0) is 4.79 Å². The first-order valence-corrected chi connectivity index (χ1v) is 7.67. The molecule has 2 aromatic carbocycles. The highest BCUT2D eigenvalue weighted by molar-refractivity contribution is 7.22. The van der Waals surface area contributed by atoms with Crippen molar-refractivity contribution in [1.29, 1.82) is 0 Å². The number of ether oxygens (including phenoxy) is 1. The van der Waals surface area contributed by atoms with Crippen LogP contribution in [0.3, 0.4) is 0 Å². The van der Waals surface area contributed by atoms with Gasteiger partial charge in [0.05, 0.1) is 15.1 Å². The number of hydrogen-bond donors (Lipinski definition) is 1. The van der Waals surface area contributed by atoms with Crippen molar-refractivity contribution in [2.45, 2.75) is 0 Å². The summed E-state index contributed by atoms with van der Waals surface area (Å²) in [6.07, 6.45) is 0. The van der Waals surface area contributed by atoms with Crippen LogP contribution >= 0.6 is 11.3 Å². The summed E-state index contributed by atoms with van der Waals surface area (Å²) in [7, 11) is 0. The Labute approximate surface area is 143 Å². The third kappa shape index (κ3) is 3.86. The van der Waals surface area contributed by atoms with E-state index in [1.807, 2.05) is 0 Å². The Morgan fingerprint density at radius 2 is 1.96 bits per heavy atom. The molecule has 0 unspecified atom stereocenters. The average Bonchev–Trinajstić information content (AvgIpc) is 2.93. The monoisotopic (exact) mass is 365 g/mol. The summed E-state index contributed by atoms with van der Waals surface area (Å²) in [4.78, 5) is 26.1. The van der Waals surface area contributed by atoms with Crippen molar-refractivity contribution in [3.8, 4) is 5.75 Å². The van der Waals surface area contributed by atoms with E-state index in [1.54, 1.807) is 0 Å². The largest absolute Gasteiger partial charge is 0.477 e. The Kier molecular flexibility index (Phi) is 4.52. The van der Waals surface area contributed by atoms with Crippen LogP contribution in [0.5, 0.6) is 5.75 Å². The topological polar surface area (TPSA) is 94.4 Å². The van der Waals surface area contributed by atoms with Crippen LogP contribution < -0.4 is 10.1 Å². The number of fused-ring (bicyclic) bond motifs is 1. The molecule has 0 spiro atoms. The number of anilines is 1. The van der Waals surface area contributed by atoms with Crippen molar-refractivity contribution in [3.63, 3.8) is 0 Å². The van der Waals surface area contributed by atoms with E-state index in [0.717, 1.165) is 29.5 Å². The molecule has 7 nitrogen and oxygen atoms in total. The van der Waals surface area contributed by atoms with Gasteiger partial charge in [-0.15, -0.1) is 0 Å². The van der Waals surface area contributed by atoms with E-state index >= 15 is 0 Å². The van der Waals surface area contributed by atoms with Crippen molar-refractivity contribution in [2.24, 2.45) is 0 Å². The molecule has 1 N–H and O–H groups in total. The molecule has 1 aromatic heterocycles. The minimum Gasteiger partial charge on any atom is -0.477 e. The normalized spacial score (nSPS) is 10.6. The molecule has 0 radical (unpaired) electrons. The number of amides is 1. The number of thiazole rings is 1. The molecule has 0 aliphatic heterocycles. The average molecular weight is 365 g/mol. The number of halogens is 2. The molecule has 0 atom stereocenters. The van der Waals surface area contributed by atoms with Crippen LogP contribution in [0.15, 0.2) is 36.4 Å². The van der Waals surface area contributed by atoms with Gasteiger partial charge < -0.3 is 4.74 Å². The highest BCUT2D eigenvalue weighted by Crippen LogP contribution is 2.28. The lowest BCUT2D eigenvalue weighted by molar-refractivity contribution is -0.385. The van der Waals surface area contributed by atoms with Crippen LogP contribution in [0, 0.1) is 21.7 Å². The first-order valence-electron chi connectivity index (χ1n) is 6.85. The van der Waals surface area contributed by atoms with E-state index in [1.165, 1.54) is 18.2 Å². The third-order valence-electron chi connectivity index (χ3n) is 3.07. The van der Waals surface area contributed by atoms with Gasteiger partial charge in [0.2, 0.25) is 5.75 Å². The number of benzene rings is 2. The highest BCUT2D eigenvalue weighted by atomic mass is 32.1. The van der Waals surface area contributed by atoms with Gasteiger partial charge >= 0.3 is 5.69 Å². The molecule has 25 heavy (non-hydrogen) atoms. The Balaban J connectivity index is 1.68. The molecular weight excluding hydrogens is 356 g/mol. The fraction of sp³-hybridized carbons (Fsp3) is 0.0667. The van der Waals surface area contributed by atoms with Gasteiger partial charge in [0.1, 0.15) is 11.6 Å². The number of nitro benzene ring substituents is 1. The second-order valence-corrected chi connectivity index (χ2v) is 5.87. The van der Waals surface area contributed by atoms with E-state index < -0.39 is 34.8 Å². The van der Waals surface area contributed by atoms with Crippen molar-refractivity contribution in [1.82, 2.24) is 4.98 Å². The molecule has 3 rings (SSSR count). The molecular formula is C15H9F2N3O4S. The third-order valence-corrected chi connectivity index (χ3v) is 4.01. The van der Waals surface area contributed by atoms with E-state index in [2.05, 4.69) is 10.3 Å². The fourth-order valence-corrected chi connectivity index (χ4v) is 2.91. The smallest absolute Gasteiger partial charge is 0.311 e. The van der Waals surface area contributed by atoms with Crippen LogP contribution in [0.4, 0.5) is 19.6 Å². The van der Waals surface area contributed by atoms with Gasteiger partial charge in [-0.25, -0.2) is 13.8 Å². The van der Waals surface area contributed by atoms with Gasteiger partial charge in [0.25, 0.3) is 5.91 Å². The van der Waals surface area contributed by atoms with Crippen molar-refractivity contribution in [3.05, 3.63) is 58.1 Å². The van der Waals surface area contributed by atoms with Crippen LogP contribution in [-0.4, -0.2) is 22.4 Å². The van der Waals surface area contributed by atoms with Gasteiger partial charge in [-0.2, -0.15) is 0 Å². The summed E-state index contributed by atoms with van der Waals surface area (Å²) in [5.74, 6) is -2.14. The number of carbonyl (C=O) groups is 1. The quantitative estimate of drug-likeness (QED) is 0.552. The Morgan fingerprint density at radius 1 is 1.24 bits per heavy atom. The molecule has 0 saturated carbocycles. The summed E-state index contributed by atoms with van der Waals surface area (Å²) in [6.45, 7) is -0.575. The summed E-state index contributed by atoms with van der Waals surface area (Å²) < 4.78 is 31.9. The molecule has 0 saturated heterocycles. The first kappa shape index (κ1) is 16.7. The van der Waals surface area contributed by atoms with E-state index in [0.29, 0.717) is 10.2 Å². The Hall–Kier alpha value is -3.14. The standard InChI is InChI=1S/C15H9F2N3O4S/c16-8-2-4-11(20(22)23)12(5-8)24-7-14(21)19-15-18-10-3-1-9(17)6-13(10)25-15/h1-6H,7H2,(H,18,19,21). The van der Waals surface area contributed by atoms with Crippen molar-refractivity contribution in [2.75, 3.05) is 11.9 Å². The number of nitro groups is 1. The van der Waals surface area contributed by atoms with Gasteiger partial charge in [-0.3, -0.25) is 20.2 Å². The Morgan fingerprint density at radius 3 is 2.72 bits per heavy atom. The number of aromatic nitrogens is 1. The summed E-state index contributed by atoms with van der Waals surface area (Å²) in [5, 5.41) is 13.5. The van der Waals surface area contributed by atoms with Gasteiger partial charge in [-0.05, 0) is 24.3 Å². The highest BCUT2D eigenvalue weighted by Gasteiger charge is 2.17. The molecule has 0 aliphatic rings. The van der Waals surface area contributed by atoms with Crippen molar-refractivity contribution >= 4 is 38.3 Å². The summed E-state index contributed by atoms with van der Waals surface area (Å²) in [5.41, 5.74) is 0.0630. The number of rotatable bonds is 5. The Bertz CT molecular complexity index is 977. The second-order valence-electron chi connectivity index (χ2n) is 4.84. The van der Waals surface area contributed by atoms with E-state index in [9.17, 15) is 23.7 Å². The molecule has 1 heterocycles. The molecule has 0 aliphatic carbocycles. The first-order chi connectivity index (χ1) is 11.9.